The smallest absolute Gasteiger partial charge is 0.310 e. The molecule has 2 aliphatic rings. The van der Waals surface area contributed by atoms with Gasteiger partial charge in [0.15, 0.2) is 5.96 Å². The Labute approximate surface area is 140 Å². The summed E-state index contributed by atoms with van der Waals surface area (Å²) in [4.78, 5) is 21.4. The van der Waals surface area contributed by atoms with E-state index in [2.05, 4.69) is 35.9 Å². The molecule has 0 spiro atoms. The van der Waals surface area contributed by atoms with Gasteiger partial charge in [-0.15, -0.1) is 0 Å². The minimum atomic E-state index is -0.106. The summed E-state index contributed by atoms with van der Waals surface area (Å²) in [5.41, 5.74) is 0. The first kappa shape index (κ1) is 18.0. The van der Waals surface area contributed by atoms with Crippen LogP contribution < -0.4 is 5.32 Å². The third-order valence-corrected chi connectivity index (χ3v) is 5.07. The van der Waals surface area contributed by atoms with Crippen molar-refractivity contribution in [2.45, 2.75) is 27.2 Å². The maximum Gasteiger partial charge on any atom is 0.310 e. The third-order valence-electron chi connectivity index (χ3n) is 5.07. The van der Waals surface area contributed by atoms with Gasteiger partial charge in [0.2, 0.25) is 0 Å². The lowest BCUT2D eigenvalue weighted by molar-refractivity contribution is -0.145. The van der Waals surface area contributed by atoms with Gasteiger partial charge in [0.1, 0.15) is 0 Å². The summed E-state index contributed by atoms with van der Waals surface area (Å²) in [5, 5.41) is 3.38. The molecule has 2 aliphatic heterocycles. The first-order chi connectivity index (χ1) is 11.1. The van der Waals surface area contributed by atoms with Crippen LogP contribution in [0.1, 0.15) is 27.2 Å². The molecule has 1 N–H and O–H groups in total. The number of nitrogens with zero attached hydrogens (tertiary/aromatic N) is 3. The predicted octanol–water partition coefficient (Wildman–Crippen LogP) is 1.03. The van der Waals surface area contributed by atoms with Crippen LogP contribution >= 0.6 is 0 Å². The Morgan fingerprint density at radius 1 is 1.30 bits per heavy atom. The summed E-state index contributed by atoms with van der Waals surface area (Å²) < 4.78 is 4.93. The number of methoxy groups -OCH3 is 1. The second-order valence-corrected chi connectivity index (χ2v) is 6.75. The molecule has 23 heavy (non-hydrogen) atoms. The molecule has 0 aromatic rings. The van der Waals surface area contributed by atoms with Crippen molar-refractivity contribution in [3.05, 3.63) is 0 Å². The Hall–Kier alpha value is -1.30. The number of carbonyl (C=O) groups is 1. The molecule has 2 rings (SSSR count). The van der Waals surface area contributed by atoms with Crippen molar-refractivity contribution in [3.8, 4) is 0 Å². The van der Waals surface area contributed by atoms with Crippen LogP contribution in [0.25, 0.3) is 0 Å². The largest absolute Gasteiger partial charge is 0.469 e. The summed E-state index contributed by atoms with van der Waals surface area (Å²) in [6, 6.07) is 0. The lowest BCUT2D eigenvalue weighted by atomic mass is 9.99. The maximum atomic E-state index is 11.9. The first-order valence-corrected chi connectivity index (χ1v) is 8.92. The molecule has 6 heteroatoms. The predicted molar refractivity (Wildman–Crippen MR) is 92.4 cm³/mol. The molecule has 6 nitrogen and oxygen atoms in total. The van der Waals surface area contributed by atoms with E-state index in [0.29, 0.717) is 18.4 Å². The molecule has 0 bridgehead atoms. The number of likely N-dealkylation sites (tertiary alicyclic amines) is 2. The van der Waals surface area contributed by atoms with E-state index in [-0.39, 0.29) is 11.9 Å². The molecule has 132 valence electrons. The normalized spacial score (nSPS) is 29.1. The van der Waals surface area contributed by atoms with Gasteiger partial charge in [0, 0.05) is 32.7 Å². The van der Waals surface area contributed by atoms with Gasteiger partial charge in [0.05, 0.1) is 13.0 Å². The van der Waals surface area contributed by atoms with E-state index in [0.717, 1.165) is 38.7 Å². The van der Waals surface area contributed by atoms with Crippen LogP contribution in [0.3, 0.4) is 0 Å². The topological polar surface area (TPSA) is 57.2 Å². The fraction of sp³-hybridized carbons (Fsp3) is 0.882. The molecule has 0 aromatic carbocycles. The van der Waals surface area contributed by atoms with Crippen molar-refractivity contribution < 1.29 is 9.53 Å². The zero-order valence-electron chi connectivity index (χ0n) is 15.0. The maximum absolute atomic E-state index is 11.9. The van der Waals surface area contributed by atoms with Crippen LogP contribution in [0.4, 0.5) is 0 Å². The number of nitrogens with one attached hydrogen (secondary N) is 1. The molecule has 2 saturated heterocycles. The quantitative estimate of drug-likeness (QED) is 0.465. The molecule has 0 amide bonds. The molecule has 2 heterocycles. The average Bonchev–Trinajstić information content (AvgIpc) is 3.17. The Balaban J connectivity index is 1.95. The van der Waals surface area contributed by atoms with E-state index < -0.39 is 0 Å². The second-order valence-electron chi connectivity index (χ2n) is 6.75. The lowest BCUT2D eigenvalue weighted by Crippen LogP contribution is -2.41. The van der Waals surface area contributed by atoms with Crippen LogP contribution in [-0.2, 0) is 9.53 Å². The zero-order chi connectivity index (χ0) is 16.8. The highest BCUT2D eigenvalue weighted by Gasteiger charge is 2.37. The van der Waals surface area contributed by atoms with Crippen molar-refractivity contribution in [1.82, 2.24) is 15.1 Å². The number of hydrogen-bond acceptors (Lipinski definition) is 4. The second kappa shape index (κ2) is 8.52. The fourth-order valence-electron chi connectivity index (χ4n) is 3.59. The molecule has 3 atom stereocenters. The summed E-state index contributed by atoms with van der Waals surface area (Å²) in [6.07, 6.45) is 1.23. The Morgan fingerprint density at radius 2 is 2.09 bits per heavy atom. The highest BCUT2D eigenvalue weighted by Crippen LogP contribution is 2.24. The number of ether oxygens (including phenoxy) is 1. The summed E-state index contributed by atoms with van der Waals surface area (Å²) >= 11 is 0. The lowest BCUT2D eigenvalue weighted by Gasteiger charge is -2.22. The summed E-state index contributed by atoms with van der Waals surface area (Å²) in [6.45, 7) is 13.2. The Bertz CT molecular complexity index is 427. The molecule has 3 unspecified atom stereocenters. The number of esters is 1. The highest BCUT2D eigenvalue weighted by molar-refractivity contribution is 5.82. The Kier molecular flexibility index (Phi) is 6.69. The van der Waals surface area contributed by atoms with Gasteiger partial charge in [-0.2, -0.15) is 0 Å². The van der Waals surface area contributed by atoms with Gasteiger partial charge >= 0.3 is 5.97 Å². The molecule has 0 saturated carbocycles. The standard InChI is InChI=1S/C17H32N4O2/c1-5-18-17(19-9-14-7-8-20(6-2)11-14)21-10-13(3)15(12-21)16(22)23-4/h13-15H,5-12H2,1-4H3,(H,18,19). The van der Waals surface area contributed by atoms with Gasteiger partial charge in [0.25, 0.3) is 0 Å². The minimum Gasteiger partial charge on any atom is -0.469 e. The van der Waals surface area contributed by atoms with Gasteiger partial charge in [-0.1, -0.05) is 13.8 Å². The Morgan fingerprint density at radius 3 is 2.70 bits per heavy atom. The molecule has 0 aromatic heterocycles. The SMILES string of the molecule is CCNC(=NCC1CCN(CC)C1)N1CC(C)C(C(=O)OC)C1. The van der Waals surface area contributed by atoms with E-state index in [1.165, 1.54) is 20.1 Å². The molecule has 0 radical (unpaired) electrons. The molecular formula is C17H32N4O2. The first-order valence-electron chi connectivity index (χ1n) is 8.92. The summed E-state index contributed by atoms with van der Waals surface area (Å²) in [5.74, 6) is 1.74. The van der Waals surface area contributed by atoms with E-state index >= 15 is 0 Å². The van der Waals surface area contributed by atoms with Crippen LogP contribution in [0.5, 0.6) is 0 Å². The third kappa shape index (κ3) is 4.59. The van der Waals surface area contributed by atoms with Crippen molar-refractivity contribution >= 4 is 11.9 Å². The van der Waals surface area contributed by atoms with E-state index in [1.54, 1.807) is 0 Å². The number of carbonyl (C=O) groups excluding carboxylic acids is 1. The minimum absolute atomic E-state index is 0.0501. The van der Waals surface area contributed by atoms with Gasteiger partial charge < -0.3 is 19.9 Å². The number of rotatable bonds is 5. The summed E-state index contributed by atoms with van der Waals surface area (Å²) in [7, 11) is 1.47. The number of hydrogen-bond donors (Lipinski definition) is 1. The number of guanidine groups is 1. The van der Waals surface area contributed by atoms with Gasteiger partial charge in [-0.3, -0.25) is 9.79 Å². The van der Waals surface area contributed by atoms with Crippen LogP contribution in [0.2, 0.25) is 0 Å². The molecule has 0 aliphatic carbocycles. The number of aliphatic imine (C=N–C) groups is 1. The van der Waals surface area contributed by atoms with Gasteiger partial charge in [-0.05, 0) is 38.3 Å². The van der Waals surface area contributed by atoms with E-state index in [9.17, 15) is 4.79 Å². The zero-order valence-corrected chi connectivity index (χ0v) is 15.0. The average molecular weight is 324 g/mol. The van der Waals surface area contributed by atoms with Crippen LogP contribution in [0.15, 0.2) is 4.99 Å². The van der Waals surface area contributed by atoms with Crippen molar-refractivity contribution in [2.75, 3.05) is 52.9 Å². The van der Waals surface area contributed by atoms with Crippen LogP contribution in [-0.4, -0.2) is 74.7 Å². The van der Waals surface area contributed by atoms with E-state index in [1.807, 2.05) is 0 Å². The van der Waals surface area contributed by atoms with Gasteiger partial charge in [-0.25, -0.2) is 0 Å². The monoisotopic (exact) mass is 324 g/mol. The highest BCUT2D eigenvalue weighted by atomic mass is 16.5. The molecular weight excluding hydrogens is 292 g/mol. The van der Waals surface area contributed by atoms with Crippen molar-refractivity contribution in [2.24, 2.45) is 22.7 Å². The molecule has 2 fully saturated rings. The van der Waals surface area contributed by atoms with E-state index in [4.69, 9.17) is 9.73 Å². The van der Waals surface area contributed by atoms with Crippen molar-refractivity contribution in [3.63, 3.8) is 0 Å². The van der Waals surface area contributed by atoms with Crippen LogP contribution in [0, 0.1) is 17.8 Å². The fourth-order valence-corrected chi connectivity index (χ4v) is 3.59. The van der Waals surface area contributed by atoms with Crippen molar-refractivity contribution in [1.29, 1.82) is 0 Å².